The first-order chi connectivity index (χ1) is 11.7. The van der Waals surface area contributed by atoms with Crippen LogP contribution in [-0.4, -0.2) is 50.0 Å². The zero-order chi connectivity index (χ0) is 16.8. The second kappa shape index (κ2) is 8.44. The van der Waals surface area contributed by atoms with E-state index in [0.717, 1.165) is 25.9 Å². The van der Waals surface area contributed by atoms with Crippen molar-refractivity contribution in [2.24, 2.45) is 5.92 Å². The third-order valence-electron chi connectivity index (χ3n) is 4.52. The molecule has 0 bridgehead atoms. The summed E-state index contributed by atoms with van der Waals surface area (Å²) in [6, 6.07) is 6.04. The van der Waals surface area contributed by atoms with Crippen LogP contribution in [0.2, 0.25) is 0 Å². The van der Waals surface area contributed by atoms with E-state index in [4.69, 9.17) is 14.2 Å². The minimum absolute atomic E-state index is 0.0816. The lowest BCUT2D eigenvalue weighted by molar-refractivity contribution is -0.137. The largest absolute Gasteiger partial charge is 0.493 e. The quantitative estimate of drug-likeness (QED) is 0.749. The molecule has 0 spiro atoms. The van der Waals surface area contributed by atoms with Crippen LogP contribution in [0.1, 0.15) is 25.7 Å². The second-order valence-corrected chi connectivity index (χ2v) is 6.24. The van der Waals surface area contributed by atoms with E-state index in [0.29, 0.717) is 44.3 Å². The van der Waals surface area contributed by atoms with Gasteiger partial charge in [0.05, 0.1) is 19.8 Å². The van der Waals surface area contributed by atoms with Crippen molar-refractivity contribution in [3.8, 4) is 5.75 Å². The van der Waals surface area contributed by atoms with Crippen molar-refractivity contribution in [1.82, 2.24) is 4.90 Å². The van der Waals surface area contributed by atoms with Crippen LogP contribution in [-0.2, 0) is 14.3 Å². The molecule has 1 aromatic carbocycles. The third kappa shape index (κ3) is 4.68. The molecule has 2 aliphatic heterocycles. The molecule has 6 heteroatoms. The summed E-state index contributed by atoms with van der Waals surface area (Å²) in [6.45, 7) is 3.29. The second-order valence-electron chi connectivity index (χ2n) is 6.24. The van der Waals surface area contributed by atoms with Gasteiger partial charge in [0.15, 0.2) is 6.29 Å². The molecule has 0 atom stereocenters. The average Bonchev–Trinajstić information content (AvgIpc) is 3.13. The molecule has 1 aromatic rings. The number of benzene rings is 1. The SMILES string of the molecule is O=C(CCCOc1cccc(F)c1)N1CCC(C2OCCO2)CC1. The normalized spacial score (nSPS) is 19.6. The molecule has 2 fully saturated rings. The van der Waals surface area contributed by atoms with Crippen LogP contribution in [0.4, 0.5) is 4.39 Å². The van der Waals surface area contributed by atoms with Crippen molar-refractivity contribution in [2.45, 2.75) is 32.0 Å². The van der Waals surface area contributed by atoms with E-state index in [-0.39, 0.29) is 18.0 Å². The van der Waals surface area contributed by atoms with Gasteiger partial charge in [-0.1, -0.05) is 6.07 Å². The lowest BCUT2D eigenvalue weighted by Gasteiger charge is -2.33. The molecule has 1 amide bonds. The van der Waals surface area contributed by atoms with Gasteiger partial charge in [-0.15, -0.1) is 0 Å². The summed E-state index contributed by atoms with van der Waals surface area (Å²) >= 11 is 0. The third-order valence-corrected chi connectivity index (χ3v) is 4.52. The Morgan fingerprint density at radius 1 is 1.25 bits per heavy atom. The van der Waals surface area contributed by atoms with Gasteiger partial charge in [-0.3, -0.25) is 4.79 Å². The molecule has 0 unspecified atom stereocenters. The highest BCUT2D eigenvalue weighted by atomic mass is 19.1. The summed E-state index contributed by atoms with van der Waals surface area (Å²) in [5.41, 5.74) is 0. The number of ether oxygens (including phenoxy) is 3. The summed E-state index contributed by atoms with van der Waals surface area (Å²) < 4.78 is 29.6. The number of rotatable bonds is 6. The first-order valence-electron chi connectivity index (χ1n) is 8.62. The fourth-order valence-electron chi connectivity index (χ4n) is 3.20. The summed E-state index contributed by atoms with van der Waals surface area (Å²) in [5, 5.41) is 0. The van der Waals surface area contributed by atoms with E-state index in [1.807, 2.05) is 4.90 Å². The van der Waals surface area contributed by atoms with Crippen LogP contribution in [0, 0.1) is 11.7 Å². The van der Waals surface area contributed by atoms with Gasteiger partial charge >= 0.3 is 0 Å². The molecule has 132 valence electrons. The number of amides is 1. The van der Waals surface area contributed by atoms with Crippen molar-refractivity contribution < 1.29 is 23.4 Å². The zero-order valence-corrected chi connectivity index (χ0v) is 13.8. The summed E-state index contributed by atoms with van der Waals surface area (Å²) in [4.78, 5) is 14.1. The van der Waals surface area contributed by atoms with E-state index < -0.39 is 0 Å². The van der Waals surface area contributed by atoms with Crippen molar-refractivity contribution in [1.29, 1.82) is 0 Å². The Bertz CT molecular complexity index is 540. The number of hydrogen-bond donors (Lipinski definition) is 0. The van der Waals surface area contributed by atoms with Gasteiger partial charge in [0.25, 0.3) is 0 Å². The number of piperidine rings is 1. The Labute approximate surface area is 141 Å². The highest BCUT2D eigenvalue weighted by Crippen LogP contribution is 2.26. The number of carbonyl (C=O) groups is 1. The van der Waals surface area contributed by atoms with E-state index in [1.54, 1.807) is 12.1 Å². The smallest absolute Gasteiger partial charge is 0.222 e. The fraction of sp³-hybridized carbons (Fsp3) is 0.611. The summed E-state index contributed by atoms with van der Waals surface area (Å²) in [5.74, 6) is 0.735. The number of halogens is 1. The molecule has 3 rings (SSSR count). The van der Waals surface area contributed by atoms with Crippen molar-refractivity contribution in [3.05, 3.63) is 30.1 Å². The zero-order valence-electron chi connectivity index (χ0n) is 13.8. The van der Waals surface area contributed by atoms with Crippen molar-refractivity contribution in [3.63, 3.8) is 0 Å². The van der Waals surface area contributed by atoms with Crippen LogP contribution in [0.3, 0.4) is 0 Å². The van der Waals surface area contributed by atoms with Crippen LogP contribution >= 0.6 is 0 Å². The fourth-order valence-corrected chi connectivity index (χ4v) is 3.20. The van der Waals surface area contributed by atoms with Gasteiger partial charge in [-0.25, -0.2) is 4.39 Å². The molecule has 0 saturated carbocycles. The molecule has 2 aliphatic rings. The number of hydrogen-bond acceptors (Lipinski definition) is 4. The maximum atomic E-state index is 13.0. The number of nitrogens with zero attached hydrogens (tertiary/aromatic N) is 1. The van der Waals surface area contributed by atoms with Gasteiger partial charge in [0.1, 0.15) is 11.6 Å². The Morgan fingerprint density at radius 2 is 2.00 bits per heavy atom. The average molecular weight is 337 g/mol. The molecule has 0 aliphatic carbocycles. The minimum atomic E-state index is -0.318. The maximum Gasteiger partial charge on any atom is 0.222 e. The molecule has 24 heavy (non-hydrogen) atoms. The van der Waals surface area contributed by atoms with Crippen LogP contribution in [0.15, 0.2) is 24.3 Å². The monoisotopic (exact) mass is 337 g/mol. The molecule has 0 radical (unpaired) electrons. The minimum Gasteiger partial charge on any atom is -0.493 e. The van der Waals surface area contributed by atoms with E-state index in [2.05, 4.69) is 0 Å². The Morgan fingerprint density at radius 3 is 2.71 bits per heavy atom. The van der Waals surface area contributed by atoms with Gasteiger partial charge in [-0.05, 0) is 31.4 Å². The molecule has 5 nitrogen and oxygen atoms in total. The maximum absolute atomic E-state index is 13.0. The standard InChI is InChI=1S/C18H24FNO4/c19-15-3-1-4-16(13-15)22-10-2-5-17(21)20-8-6-14(7-9-20)18-23-11-12-24-18/h1,3-4,13-14,18H,2,5-12H2. The molecule has 2 saturated heterocycles. The van der Waals surface area contributed by atoms with E-state index in [9.17, 15) is 9.18 Å². The summed E-state index contributed by atoms with van der Waals surface area (Å²) in [7, 11) is 0. The van der Waals surface area contributed by atoms with Crippen LogP contribution in [0.25, 0.3) is 0 Å². The van der Waals surface area contributed by atoms with Crippen LogP contribution in [0.5, 0.6) is 5.75 Å². The van der Waals surface area contributed by atoms with Gasteiger partial charge < -0.3 is 19.1 Å². The van der Waals surface area contributed by atoms with Gasteiger partial charge in [0, 0.05) is 31.5 Å². The van der Waals surface area contributed by atoms with Gasteiger partial charge in [0.2, 0.25) is 5.91 Å². The predicted molar refractivity (Wildman–Crippen MR) is 86.1 cm³/mol. The molecular formula is C18H24FNO4. The lowest BCUT2D eigenvalue weighted by Crippen LogP contribution is -2.41. The number of likely N-dealkylation sites (tertiary alicyclic amines) is 1. The van der Waals surface area contributed by atoms with E-state index >= 15 is 0 Å². The molecule has 0 aromatic heterocycles. The Kier molecular flexibility index (Phi) is 6.04. The van der Waals surface area contributed by atoms with Crippen molar-refractivity contribution >= 4 is 5.91 Å². The lowest BCUT2D eigenvalue weighted by atomic mass is 9.96. The first kappa shape index (κ1) is 17.2. The Balaban J connectivity index is 1.32. The molecule has 2 heterocycles. The first-order valence-corrected chi connectivity index (χ1v) is 8.62. The van der Waals surface area contributed by atoms with E-state index in [1.165, 1.54) is 12.1 Å². The number of carbonyl (C=O) groups excluding carboxylic acids is 1. The highest BCUT2D eigenvalue weighted by molar-refractivity contribution is 5.76. The molecule has 0 N–H and O–H groups in total. The van der Waals surface area contributed by atoms with Gasteiger partial charge in [-0.2, -0.15) is 0 Å². The predicted octanol–water partition coefficient (Wildman–Crippen LogP) is 2.60. The molecular weight excluding hydrogens is 313 g/mol. The topological polar surface area (TPSA) is 48.0 Å². The van der Waals surface area contributed by atoms with Crippen molar-refractivity contribution in [2.75, 3.05) is 32.9 Å². The van der Waals surface area contributed by atoms with Crippen LogP contribution < -0.4 is 4.74 Å². The Hall–Kier alpha value is -1.66. The highest BCUT2D eigenvalue weighted by Gasteiger charge is 2.31. The summed E-state index contributed by atoms with van der Waals surface area (Å²) in [6.07, 6.45) is 2.86.